The maximum absolute atomic E-state index is 13.7. The van der Waals surface area contributed by atoms with E-state index in [1.807, 2.05) is 0 Å². The first-order valence-corrected chi connectivity index (χ1v) is 10.1. The van der Waals surface area contributed by atoms with Gasteiger partial charge in [-0.05, 0) is 68.5 Å². The van der Waals surface area contributed by atoms with E-state index in [0.717, 1.165) is 25.7 Å². The van der Waals surface area contributed by atoms with Crippen LogP contribution in [-0.4, -0.2) is 29.6 Å². The zero-order valence-corrected chi connectivity index (χ0v) is 16.4. The topological polar surface area (TPSA) is 132 Å². The summed E-state index contributed by atoms with van der Waals surface area (Å²) in [4.78, 5) is 15.5. The van der Waals surface area contributed by atoms with Crippen LogP contribution < -0.4 is 22.1 Å². The standard InChI is InChI=1S/C20H29FN6O2/c21-17-4-2-1-3-16(17)9-10-24-19-25-13-18(27(28)29)20(23,26-19)11-14-5-7-15(12-22)8-6-14/h1-4,13-15H,5-12,22-23H2,(H2,24,25,26). The second-order valence-corrected chi connectivity index (χ2v) is 7.93. The fourth-order valence-corrected chi connectivity index (χ4v) is 4.15. The van der Waals surface area contributed by atoms with E-state index in [-0.39, 0.29) is 17.4 Å². The van der Waals surface area contributed by atoms with Gasteiger partial charge in [-0.15, -0.1) is 0 Å². The van der Waals surface area contributed by atoms with Gasteiger partial charge in [0, 0.05) is 6.54 Å². The molecule has 1 aliphatic heterocycles. The van der Waals surface area contributed by atoms with Gasteiger partial charge in [0.05, 0.1) is 11.1 Å². The molecule has 6 N–H and O–H groups in total. The maximum atomic E-state index is 13.7. The highest BCUT2D eigenvalue weighted by Crippen LogP contribution is 2.34. The Labute approximate surface area is 169 Å². The summed E-state index contributed by atoms with van der Waals surface area (Å²) in [6.45, 7) is 1.01. The van der Waals surface area contributed by atoms with Crippen molar-refractivity contribution in [3.05, 3.63) is 57.7 Å². The lowest BCUT2D eigenvalue weighted by Crippen LogP contribution is -2.64. The van der Waals surface area contributed by atoms with Crippen molar-refractivity contribution in [1.29, 1.82) is 0 Å². The number of nitro groups is 1. The summed E-state index contributed by atoms with van der Waals surface area (Å²) in [5.41, 5.74) is 11.4. The van der Waals surface area contributed by atoms with Crippen LogP contribution in [0, 0.1) is 27.8 Å². The molecule has 0 amide bonds. The molecular formula is C20H29FN6O2. The van der Waals surface area contributed by atoms with E-state index >= 15 is 0 Å². The zero-order valence-electron chi connectivity index (χ0n) is 16.4. The molecule has 29 heavy (non-hydrogen) atoms. The summed E-state index contributed by atoms with van der Waals surface area (Å²) < 4.78 is 13.7. The Morgan fingerprint density at radius 2 is 1.93 bits per heavy atom. The summed E-state index contributed by atoms with van der Waals surface area (Å²) in [5, 5.41) is 17.4. The van der Waals surface area contributed by atoms with Gasteiger partial charge in [0.15, 0.2) is 11.6 Å². The molecule has 1 aromatic carbocycles. The number of halogens is 1. The van der Waals surface area contributed by atoms with Crippen molar-refractivity contribution < 1.29 is 9.31 Å². The minimum Gasteiger partial charge on any atom is -0.330 e. The number of nitrogens with one attached hydrogen (secondary N) is 2. The highest BCUT2D eigenvalue weighted by atomic mass is 19.1. The van der Waals surface area contributed by atoms with E-state index < -0.39 is 10.6 Å². The first-order valence-electron chi connectivity index (χ1n) is 10.1. The smallest absolute Gasteiger partial charge is 0.301 e. The van der Waals surface area contributed by atoms with Crippen molar-refractivity contribution >= 4 is 5.96 Å². The molecule has 0 aromatic heterocycles. The lowest BCUT2D eigenvalue weighted by molar-refractivity contribution is -0.437. The zero-order chi connectivity index (χ0) is 20.9. The van der Waals surface area contributed by atoms with Crippen molar-refractivity contribution in [3.8, 4) is 0 Å². The molecule has 158 valence electrons. The third kappa shape index (κ3) is 5.30. The number of guanidine groups is 1. The molecule has 2 aliphatic rings. The Morgan fingerprint density at radius 3 is 2.59 bits per heavy atom. The molecule has 1 saturated carbocycles. The summed E-state index contributed by atoms with van der Waals surface area (Å²) in [6.07, 6.45) is 6.15. The molecule has 1 heterocycles. The summed E-state index contributed by atoms with van der Waals surface area (Å²) in [7, 11) is 0. The highest BCUT2D eigenvalue weighted by molar-refractivity contribution is 5.83. The van der Waals surface area contributed by atoms with Crippen molar-refractivity contribution in [2.24, 2.45) is 28.3 Å². The van der Waals surface area contributed by atoms with E-state index in [2.05, 4.69) is 15.6 Å². The highest BCUT2D eigenvalue weighted by Gasteiger charge is 2.44. The Morgan fingerprint density at radius 1 is 1.24 bits per heavy atom. The minimum atomic E-state index is -1.30. The Hall–Kier alpha value is -2.52. The van der Waals surface area contributed by atoms with E-state index in [9.17, 15) is 14.5 Å². The summed E-state index contributed by atoms with van der Waals surface area (Å²) in [5.74, 6) is 0.914. The first-order chi connectivity index (χ1) is 13.9. The molecule has 1 fully saturated rings. The van der Waals surface area contributed by atoms with Gasteiger partial charge in [0.1, 0.15) is 5.82 Å². The molecule has 0 radical (unpaired) electrons. The summed E-state index contributed by atoms with van der Waals surface area (Å²) in [6, 6.07) is 6.55. The number of benzene rings is 1. The van der Waals surface area contributed by atoms with Gasteiger partial charge in [-0.2, -0.15) is 0 Å². The average Bonchev–Trinajstić information content (AvgIpc) is 2.69. The van der Waals surface area contributed by atoms with E-state index in [1.165, 1.54) is 12.3 Å². The number of nitrogens with two attached hydrogens (primary N) is 2. The van der Waals surface area contributed by atoms with E-state index in [1.54, 1.807) is 18.2 Å². The lowest BCUT2D eigenvalue weighted by atomic mass is 9.77. The van der Waals surface area contributed by atoms with Crippen LogP contribution in [0.1, 0.15) is 37.7 Å². The molecule has 0 saturated heterocycles. The molecule has 1 aliphatic carbocycles. The van der Waals surface area contributed by atoms with Crippen LogP contribution in [0.5, 0.6) is 0 Å². The van der Waals surface area contributed by atoms with Gasteiger partial charge in [0.25, 0.3) is 0 Å². The largest absolute Gasteiger partial charge is 0.330 e. The molecule has 3 rings (SSSR count). The molecule has 1 atom stereocenters. The van der Waals surface area contributed by atoms with Gasteiger partial charge in [-0.1, -0.05) is 18.2 Å². The van der Waals surface area contributed by atoms with Crippen molar-refractivity contribution in [2.75, 3.05) is 13.1 Å². The van der Waals surface area contributed by atoms with Crippen LogP contribution in [0.25, 0.3) is 0 Å². The molecule has 0 spiro atoms. The Balaban J connectivity index is 1.66. The predicted octanol–water partition coefficient (Wildman–Crippen LogP) is 1.85. The Kier molecular flexibility index (Phi) is 6.81. The molecule has 1 aromatic rings. The third-order valence-electron chi connectivity index (χ3n) is 5.86. The molecule has 8 nitrogen and oxygen atoms in total. The maximum Gasteiger partial charge on any atom is 0.301 e. The van der Waals surface area contributed by atoms with Crippen LogP contribution in [0.4, 0.5) is 4.39 Å². The number of aliphatic imine (C=N–C) groups is 1. The molecule has 1 unspecified atom stereocenters. The van der Waals surface area contributed by atoms with Crippen LogP contribution in [0.3, 0.4) is 0 Å². The van der Waals surface area contributed by atoms with Gasteiger partial charge in [0.2, 0.25) is 0 Å². The van der Waals surface area contributed by atoms with Crippen LogP contribution >= 0.6 is 0 Å². The van der Waals surface area contributed by atoms with Crippen LogP contribution in [0.2, 0.25) is 0 Å². The molecule has 9 heteroatoms. The van der Waals surface area contributed by atoms with Crippen molar-refractivity contribution in [3.63, 3.8) is 0 Å². The normalized spacial score (nSPS) is 28.4. The third-order valence-corrected chi connectivity index (χ3v) is 5.86. The van der Waals surface area contributed by atoms with Gasteiger partial charge in [-0.25, -0.2) is 4.39 Å². The molecular weight excluding hydrogens is 375 g/mol. The lowest BCUT2D eigenvalue weighted by Gasteiger charge is -2.37. The fraction of sp³-hybridized carbons (Fsp3) is 0.550. The van der Waals surface area contributed by atoms with Gasteiger partial charge < -0.3 is 16.4 Å². The SMILES string of the molecule is NCC1CCC(CC2(N)NC(=NCCc3ccccc3F)NC=C2[N+](=O)[O-])CC1. The number of hydrogen-bond acceptors (Lipinski definition) is 5. The number of nitrogens with zero attached hydrogens (tertiary/aromatic N) is 2. The quantitative estimate of drug-likeness (QED) is 0.405. The minimum absolute atomic E-state index is 0.105. The second-order valence-electron chi connectivity index (χ2n) is 7.93. The van der Waals surface area contributed by atoms with E-state index in [4.69, 9.17) is 11.5 Å². The summed E-state index contributed by atoms with van der Waals surface area (Å²) >= 11 is 0. The monoisotopic (exact) mass is 404 g/mol. The second kappa shape index (κ2) is 9.32. The number of rotatable bonds is 7. The fourth-order valence-electron chi connectivity index (χ4n) is 4.15. The Bertz CT molecular complexity index is 791. The van der Waals surface area contributed by atoms with Gasteiger partial charge >= 0.3 is 5.70 Å². The van der Waals surface area contributed by atoms with Gasteiger partial charge in [-0.3, -0.25) is 20.8 Å². The average molecular weight is 404 g/mol. The van der Waals surface area contributed by atoms with Crippen molar-refractivity contribution in [1.82, 2.24) is 10.6 Å². The van der Waals surface area contributed by atoms with Crippen molar-refractivity contribution in [2.45, 2.75) is 44.2 Å². The number of hydrogen-bond donors (Lipinski definition) is 4. The molecule has 0 bridgehead atoms. The predicted molar refractivity (Wildman–Crippen MR) is 110 cm³/mol. The van der Waals surface area contributed by atoms with Crippen LogP contribution in [-0.2, 0) is 6.42 Å². The van der Waals surface area contributed by atoms with Crippen LogP contribution in [0.15, 0.2) is 41.2 Å². The van der Waals surface area contributed by atoms with E-state index in [0.29, 0.717) is 43.4 Å². The first kappa shape index (κ1) is 21.2.